The second kappa shape index (κ2) is 8.19. The highest BCUT2D eigenvalue weighted by Gasteiger charge is 2.33. The molecule has 2 amide bonds. The first-order chi connectivity index (χ1) is 12.1. The lowest BCUT2D eigenvalue weighted by Gasteiger charge is -2.40. The van der Waals surface area contributed by atoms with Crippen molar-refractivity contribution in [1.82, 2.24) is 10.2 Å². The van der Waals surface area contributed by atoms with Crippen LogP contribution in [0.2, 0.25) is 0 Å². The summed E-state index contributed by atoms with van der Waals surface area (Å²) in [7, 11) is 0. The summed E-state index contributed by atoms with van der Waals surface area (Å²) < 4.78 is 11.4. The minimum Gasteiger partial charge on any atom is -0.381 e. The molecule has 5 nitrogen and oxygen atoms in total. The third kappa shape index (κ3) is 4.73. The predicted molar refractivity (Wildman–Crippen MR) is 97.5 cm³/mol. The third-order valence-corrected chi connectivity index (χ3v) is 5.46. The van der Waals surface area contributed by atoms with Gasteiger partial charge in [-0.15, -0.1) is 0 Å². The number of hydrogen-bond acceptors (Lipinski definition) is 3. The molecule has 0 spiro atoms. The van der Waals surface area contributed by atoms with Gasteiger partial charge in [-0.05, 0) is 37.7 Å². The largest absolute Gasteiger partial charge is 0.381 e. The number of hydrogen-bond donors (Lipinski definition) is 1. The lowest BCUT2D eigenvalue weighted by molar-refractivity contribution is -0.0875. The Morgan fingerprint density at radius 2 is 2.16 bits per heavy atom. The van der Waals surface area contributed by atoms with E-state index >= 15 is 0 Å². The minimum absolute atomic E-state index is 0.00995. The zero-order valence-corrected chi connectivity index (χ0v) is 15.4. The molecule has 2 saturated heterocycles. The zero-order chi connectivity index (χ0) is 17.7. The van der Waals surface area contributed by atoms with E-state index in [0.29, 0.717) is 25.6 Å². The van der Waals surface area contributed by atoms with Crippen LogP contribution >= 0.6 is 0 Å². The lowest BCUT2D eigenvalue weighted by atomic mass is 9.94. The molecule has 0 aromatic heterocycles. The first-order valence-electron chi connectivity index (χ1n) is 9.42. The van der Waals surface area contributed by atoms with Gasteiger partial charge in [0.15, 0.2) is 0 Å². The number of carbonyl (C=O) groups excluding carboxylic acids is 1. The highest BCUT2D eigenvalue weighted by atomic mass is 16.5. The summed E-state index contributed by atoms with van der Waals surface area (Å²) in [5.41, 5.74) is 0.922. The van der Waals surface area contributed by atoms with E-state index in [0.717, 1.165) is 38.0 Å². The average molecular weight is 346 g/mol. The molecule has 2 aliphatic heterocycles. The molecule has 25 heavy (non-hydrogen) atoms. The fraction of sp³-hybridized carbons (Fsp3) is 0.650. The Hall–Kier alpha value is -1.59. The molecule has 0 bridgehead atoms. The Balaban J connectivity index is 1.67. The minimum atomic E-state index is -0.239. The number of urea groups is 1. The lowest BCUT2D eigenvalue weighted by Crippen LogP contribution is -2.54. The topological polar surface area (TPSA) is 50.8 Å². The first kappa shape index (κ1) is 18.2. The molecule has 0 unspecified atom stereocenters. The number of nitrogens with zero attached hydrogens (tertiary/aromatic N) is 1. The molecule has 2 heterocycles. The van der Waals surface area contributed by atoms with Crippen molar-refractivity contribution < 1.29 is 14.3 Å². The van der Waals surface area contributed by atoms with Gasteiger partial charge in [0, 0.05) is 19.8 Å². The maximum atomic E-state index is 12.9. The summed E-state index contributed by atoms with van der Waals surface area (Å²) in [6, 6.07) is 10.3. The van der Waals surface area contributed by atoms with Crippen LogP contribution in [0.4, 0.5) is 4.79 Å². The molecule has 3 atom stereocenters. The number of benzene rings is 1. The summed E-state index contributed by atoms with van der Waals surface area (Å²) >= 11 is 0. The predicted octanol–water partition coefficient (Wildman–Crippen LogP) is 3.36. The molecule has 1 aromatic carbocycles. The SMILES string of the molecule is CC[C@]1(C)CN(C(=O)N[C@@H](C[C@H]2CCOC2)c2ccccc2)CCO1. The van der Waals surface area contributed by atoms with E-state index in [-0.39, 0.29) is 17.7 Å². The third-order valence-electron chi connectivity index (χ3n) is 5.46. The van der Waals surface area contributed by atoms with Crippen molar-refractivity contribution in [2.24, 2.45) is 5.92 Å². The van der Waals surface area contributed by atoms with Crippen LogP contribution in [0.25, 0.3) is 0 Å². The highest BCUT2D eigenvalue weighted by molar-refractivity contribution is 5.75. The molecular formula is C20H30N2O3. The van der Waals surface area contributed by atoms with Crippen LogP contribution < -0.4 is 5.32 Å². The summed E-state index contributed by atoms with van der Waals surface area (Å²) in [6.45, 7) is 7.71. The van der Waals surface area contributed by atoms with Gasteiger partial charge in [-0.1, -0.05) is 37.3 Å². The van der Waals surface area contributed by atoms with Gasteiger partial charge in [0.1, 0.15) is 0 Å². The monoisotopic (exact) mass is 346 g/mol. The van der Waals surface area contributed by atoms with Crippen LogP contribution in [-0.2, 0) is 9.47 Å². The normalized spacial score (nSPS) is 27.9. The van der Waals surface area contributed by atoms with Crippen LogP contribution in [-0.4, -0.2) is 49.4 Å². The first-order valence-corrected chi connectivity index (χ1v) is 9.42. The second-order valence-corrected chi connectivity index (χ2v) is 7.45. The van der Waals surface area contributed by atoms with Crippen LogP contribution in [0, 0.1) is 5.92 Å². The Morgan fingerprint density at radius 1 is 1.36 bits per heavy atom. The van der Waals surface area contributed by atoms with Crippen molar-refractivity contribution in [2.45, 2.75) is 44.8 Å². The van der Waals surface area contributed by atoms with Crippen molar-refractivity contribution in [1.29, 1.82) is 0 Å². The number of rotatable bonds is 5. The summed E-state index contributed by atoms with van der Waals surface area (Å²) in [5.74, 6) is 0.510. The van der Waals surface area contributed by atoms with Crippen molar-refractivity contribution in [2.75, 3.05) is 32.9 Å². The van der Waals surface area contributed by atoms with Crippen molar-refractivity contribution in [3.8, 4) is 0 Å². The van der Waals surface area contributed by atoms with Gasteiger partial charge in [0.25, 0.3) is 0 Å². The van der Waals surface area contributed by atoms with Gasteiger partial charge in [-0.25, -0.2) is 4.79 Å². The molecular weight excluding hydrogens is 316 g/mol. The molecule has 3 rings (SSSR count). The molecule has 0 radical (unpaired) electrons. The number of carbonyl (C=O) groups is 1. The molecule has 0 saturated carbocycles. The van der Waals surface area contributed by atoms with E-state index < -0.39 is 0 Å². The van der Waals surface area contributed by atoms with Gasteiger partial charge in [-0.2, -0.15) is 0 Å². The standard InChI is InChI=1S/C20H30N2O3/c1-3-20(2)15-22(10-12-25-20)19(23)21-18(13-16-9-11-24-14-16)17-7-5-4-6-8-17/h4-8,16,18H,3,9-15H2,1-2H3,(H,21,23)/t16-,18+,20-/m1/s1. The molecule has 1 aromatic rings. The molecule has 2 fully saturated rings. The Labute approximate surface area is 150 Å². The van der Waals surface area contributed by atoms with Crippen LogP contribution in [0.5, 0.6) is 0 Å². The molecule has 1 N–H and O–H groups in total. The summed E-state index contributed by atoms with van der Waals surface area (Å²) in [6.07, 6.45) is 2.90. The molecule has 5 heteroatoms. The van der Waals surface area contributed by atoms with Crippen molar-refractivity contribution in [3.63, 3.8) is 0 Å². The number of morpholine rings is 1. The van der Waals surface area contributed by atoms with Crippen LogP contribution in [0.1, 0.15) is 44.7 Å². The Morgan fingerprint density at radius 3 is 2.84 bits per heavy atom. The van der Waals surface area contributed by atoms with Gasteiger partial charge in [0.2, 0.25) is 0 Å². The second-order valence-electron chi connectivity index (χ2n) is 7.45. The smallest absolute Gasteiger partial charge is 0.318 e. The van der Waals surface area contributed by atoms with Crippen molar-refractivity contribution >= 4 is 6.03 Å². The quantitative estimate of drug-likeness (QED) is 0.889. The summed E-state index contributed by atoms with van der Waals surface area (Å²) in [4.78, 5) is 14.8. The van der Waals surface area contributed by atoms with Crippen molar-refractivity contribution in [3.05, 3.63) is 35.9 Å². The molecule has 2 aliphatic rings. The van der Waals surface area contributed by atoms with E-state index in [1.54, 1.807) is 0 Å². The van der Waals surface area contributed by atoms with E-state index in [4.69, 9.17) is 9.47 Å². The van der Waals surface area contributed by atoms with Gasteiger partial charge in [0.05, 0.1) is 24.8 Å². The van der Waals surface area contributed by atoms with Gasteiger partial charge < -0.3 is 19.7 Å². The number of amides is 2. The van der Waals surface area contributed by atoms with Crippen LogP contribution in [0.3, 0.4) is 0 Å². The molecule has 138 valence electrons. The fourth-order valence-corrected chi connectivity index (χ4v) is 3.62. The summed E-state index contributed by atoms with van der Waals surface area (Å²) in [5, 5.41) is 3.27. The highest BCUT2D eigenvalue weighted by Crippen LogP contribution is 2.27. The van der Waals surface area contributed by atoms with Gasteiger partial charge in [-0.3, -0.25) is 0 Å². The van der Waals surface area contributed by atoms with Crippen LogP contribution in [0.15, 0.2) is 30.3 Å². The van der Waals surface area contributed by atoms with E-state index in [2.05, 4.69) is 31.3 Å². The van der Waals surface area contributed by atoms with Gasteiger partial charge >= 0.3 is 6.03 Å². The number of ether oxygens (including phenoxy) is 2. The molecule has 0 aliphatic carbocycles. The average Bonchev–Trinajstić information content (AvgIpc) is 3.15. The zero-order valence-electron chi connectivity index (χ0n) is 15.4. The maximum Gasteiger partial charge on any atom is 0.318 e. The van der Waals surface area contributed by atoms with E-state index in [1.807, 2.05) is 23.1 Å². The number of nitrogens with one attached hydrogen (secondary N) is 1. The fourth-order valence-electron chi connectivity index (χ4n) is 3.62. The Bertz CT molecular complexity index is 559. The Kier molecular flexibility index (Phi) is 5.97. The maximum absolute atomic E-state index is 12.9. The van der Waals surface area contributed by atoms with E-state index in [9.17, 15) is 4.79 Å². The van der Waals surface area contributed by atoms with E-state index in [1.165, 1.54) is 0 Å².